The number of hydrogen-bond acceptors (Lipinski definition) is 4. The largest absolute Gasteiger partial charge is 0.228 e. The number of hydrogen-bond donors (Lipinski definition) is 0. The zero-order valence-electron chi connectivity index (χ0n) is 8.43. The fourth-order valence-electron chi connectivity index (χ4n) is 1.01. The predicted octanol–water partition coefficient (Wildman–Crippen LogP) is 0.320. The van der Waals surface area contributed by atoms with Crippen molar-refractivity contribution in [2.24, 2.45) is 5.92 Å². The Morgan fingerprint density at radius 3 is 2.14 bits per heavy atom. The highest BCUT2D eigenvalue weighted by Crippen LogP contribution is 2.12. The van der Waals surface area contributed by atoms with Gasteiger partial charge in [0.2, 0.25) is 10.0 Å². The van der Waals surface area contributed by atoms with Crippen LogP contribution in [0.25, 0.3) is 0 Å². The molecule has 0 aliphatic rings. The first-order chi connectivity index (χ1) is 6.36. The van der Waals surface area contributed by atoms with Crippen LogP contribution >= 0.6 is 0 Å². The third kappa shape index (κ3) is 2.99. The van der Waals surface area contributed by atoms with E-state index in [9.17, 15) is 8.42 Å². The molecule has 0 heterocycles. The molecule has 0 N–H and O–H groups in total. The summed E-state index contributed by atoms with van der Waals surface area (Å²) in [5.74, 6) is -0.688. The average Bonchev–Trinajstić information content (AvgIpc) is 2.04. The highest BCUT2D eigenvalue weighted by molar-refractivity contribution is 7.89. The van der Waals surface area contributed by atoms with Gasteiger partial charge in [0.15, 0.2) is 5.75 Å². The Morgan fingerprint density at radius 1 is 1.36 bits per heavy atom. The third-order valence-electron chi connectivity index (χ3n) is 1.84. The summed E-state index contributed by atoms with van der Waals surface area (Å²) in [7, 11) is -2.30. The van der Waals surface area contributed by atoms with E-state index < -0.39 is 21.8 Å². The molecular weight excluding hydrogens is 202 g/mol. The number of nitrogens with zero attached hydrogens (tertiary/aromatic N) is 3. The first kappa shape index (κ1) is 12.9. The molecule has 0 bridgehead atoms. The van der Waals surface area contributed by atoms with Gasteiger partial charge in [0.25, 0.3) is 0 Å². The lowest BCUT2D eigenvalue weighted by Crippen LogP contribution is -2.40. The number of rotatable bonds is 4. The molecule has 0 amide bonds. The lowest BCUT2D eigenvalue weighted by Gasteiger charge is -2.23. The van der Waals surface area contributed by atoms with E-state index in [0.717, 1.165) is 4.31 Å². The molecule has 6 heteroatoms. The molecule has 1 unspecified atom stereocenters. The summed E-state index contributed by atoms with van der Waals surface area (Å²) in [6.45, 7) is 3.51. The number of nitriles is 2. The van der Waals surface area contributed by atoms with Crippen molar-refractivity contribution >= 4 is 10.0 Å². The molecule has 0 aromatic rings. The Bertz CT molecular complexity index is 361. The minimum Gasteiger partial charge on any atom is -0.211 e. The summed E-state index contributed by atoms with van der Waals surface area (Å²) in [4.78, 5) is 0. The van der Waals surface area contributed by atoms with Crippen LogP contribution in [0.2, 0.25) is 0 Å². The molecule has 0 rings (SSSR count). The van der Waals surface area contributed by atoms with Gasteiger partial charge in [-0.15, -0.1) is 0 Å². The van der Waals surface area contributed by atoms with Crippen molar-refractivity contribution in [1.29, 1.82) is 10.5 Å². The molecule has 14 heavy (non-hydrogen) atoms. The Labute approximate surface area is 84.6 Å². The van der Waals surface area contributed by atoms with Crippen LogP contribution < -0.4 is 0 Å². The van der Waals surface area contributed by atoms with E-state index in [4.69, 9.17) is 10.5 Å². The quantitative estimate of drug-likeness (QED) is 0.676. The summed E-state index contributed by atoms with van der Waals surface area (Å²) in [5.41, 5.74) is 0. The molecule has 0 saturated carbocycles. The second-order valence-electron chi connectivity index (χ2n) is 3.25. The van der Waals surface area contributed by atoms with Gasteiger partial charge in [-0.25, -0.2) is 8.42 Å². The summed E-state index contributed by atoms with van der Waals surface area (Å²) >= 11 is 0. The lowest BCUT2D eigenvalue weighted by atomic mass is 10.1. The zero-order valence-corrected chi connectivity index (χ0v) is 9.24. The van der Waals surface area contributed by atoms with E-state index in [1.54, 1.807) is 19.9 Å². The van der Waals surface area contributed by atoms with E-state index >= 15 is 0 Å². The van der Waals surface area contributed by atoms with Crippen molar-refractivity contribution in [2.75, 3.05) is 12.8 Å². The molecule has 5 nitrogen and oxygen atoms in total. The summed E-state index contributed by atoms with van der Waals surface area (Å²) in [6, 6.07) is 2.76. The maximum Gasteiger partial charge on any atom is 0.228 e. The second kappa shape index (κ2) is 4.94. The van der Waals surface area contributed by atoms with Gasteiger partial charge in [-0.1, -0.05) is 13.8 Å². The molecular formula is C8H13N3O2S. The van der Waals surface area contributed by atoms with Crippen molar-refractivity contribution in [3.8, 4) is 12.1 Å². The van der Waals surface area contributed by atoms with Crippen LogP contribution in [0.1, 0.15) is 13.8 Å². The monoisotopic (exact) mass is 215 g/mol. The molecule has 1 atom stereocenters. The molecule has 0 saturated heterocycles. The van der Waals surface area contributed by atoms with E-state index in [2.05, 4.69) is 0 Å². The molecule has 0 aromatic heterocycles. The van der Waals surface area contributed by atoms with Gasteiger partial charge >= 0.3 is 0 Å². The van der Waals surface area contributed by atoms with Crippen molar-refractivity contribution < 1.29 is 8.42 Å². The molecule has 0 aliphatic carbocycles. The van der Waals surface area contributed by atoms with Crippen LogP contribution in [-0.2, 0) is 10.0 Å². The smallest absolute Gasteiger partial charge is 0.211 e. The van der Waals surface area contributed by atoms with Gasteiger partial charge in [-0.3, -0.25) is 0 Å². The Kier molecular flexibility index (Phi) is 4.55. The van der Waals surface area contributed by atoms with Gasteiger partial charge in [-0.05, 0) is 5.92 Å². The van der Waals surface area contributed by atoms with Gasteiger partial charge in [0.05, 0.1) is 12.1 Å². The maximum absolute atomic E-state index is 11.4. The van der Waals surface area contributed by atoms with E-state index in [-0.39, 0.29) is 5.92 Å². The maximum atomic E-state index is 11.4. The fraction of sp³-hybridized carbons (Fsp3) is 0.750. The highest BCUT2D eigenvalue weighted by atomic mass is 32.2. The van der Waals surface area contributed by atoms with E-state index in [1.165, 1.54) is 7.05 Å². The van der Waals surface area contributed by atoms with Gasteiger partial charge in [0, 0.05) is 7.05 Å². The average molecular weight is 215 g/mol. The topological polar surface area (TPSA) is 85.0 Å². The van der Waals surface area contributed by atoms with Crippen LogP contribution in [-0.4, -0.2) is 31.6 Å². The molecule has 78 valence electrons. The van der Waals surface area contributed by atoms with Crippen molar-refractivity contribution in [3.63, 3.8) is 0 Å². The Hall–Kier alpha value is -1.11. The van der Waals surface area contributed by atoms with Crippen LogP contribution in [0.15, 0.2) is 0 Å². The zero-order chi connectivity index (χ0) is 11.4. The SMILES string of the molecule is CC(C)C(C#N)N(C)S(=O)(=O)CC#N. The first-order valence-corrected chi connectivity index (χ1v) is 5.70. The molecule has 0 spiro atoms. The van der Waals surface area contributed by atoms with Crippen molar-refractivity contribution in [1.82, 2.24) is 4.31 Å². The lowest BCUT2D eigenvalue weighted by molar-refractivity contribution is 0.354. The molecule has 0 aliphatic heterocycles. The number of sulfonamides is 1. The highest BCUT2D eigenvalue weighted by Gasteiger charge is 2.27. The minimum absolute atomic E-state index is 0.0986. The summed E-state index contributed by atoms with van der Waals surface area (Å²) in [6.07, 6.45) is 0. The van der Waals surface area contributed by atoms with Crippen LogP contribution in [0.3, 0.4) is 0 Å². The van der Waals surface area contributed by atoms with Crippen LogP contribution in [0, 0.1) is 28.6 Å². The summed E-state index contributed by atoms with van der Waals surface area (Å²) in [5, 5.41) is 17.1. The fourth-order valence-corrected chi connectivity index (χ4v) is 2.01. The Balaban J connectivity index is 4.88. The van der Waals surface area contributed by atoms with Gasteiger partial charge in [0.1, 0.15) is 6.04 Å². The Morgan fingerprint density at radius 2 is 1.86 bits per heavy atom. The molecule has 0 aromatic carbocycles. The standard InChI is InChI=1S/C8H13N3O2S/c1-7(2)8(6-10)11(3)14(12,13)5-4-9/h7-8H,5H2,1-3H3. The minimum atomic E-state index is -3.62. The van der Waals surface area contributed by atoms with Gasteiger partial charge in [-0.2, -0.15) is 14.8 Å². The predicted molar refractivity (Wildman–Crippen MR) is 51.4 cm³/mol. The van der Waals surface area contributed by atoms with Crippen LogP contribution in [0.5, 0.6) is 0 Å². The molecule has 0 fully saturated rings. The second-order valence-corrected chi connectivity index (χ2v) is 5.28. The third-order valence-corrected chi connectivity index (χ3v) is 3.44. The molecule has 0 radical (unpaired) electrons. The van der Waals surface area contributed by atoms with Crippen molar-refractivity contribution in [3.05, 3.63) is 0 Å². The van der Waals surface area contributed by atoms with Crippen molar-refractivity contribution in [2.45, 2.75) is 19.9 Å². The van der Waals surface area contributed by atoms with Crippen LogP contribution in [0.4, 0.5) is 0 Å². The van der Waals surface area contributed by atoms with E-state index in [1.807, 2.05) is 6.07 Å². The summed E-state index contributed by atoms with van der Waals surface area (Å²) < 4.78 is 23.7. The van der Waals surface area contributed by atoms with Gasteiger partial charge < -0.3 is 0 Å². The first-order valence-electron chi connectivity index (χ1n) is 4.09. The van der Waals surface area contributed by atoms with E-state index in [0.29, 0.717) is 0 Å². The normalized spacial score (nSPS) is 13.6.